The Hall–Kier alpha value is -1.03. The van der Waals surface area contributed by atoms with E-state index in [0.29, 0.717) is 5.02 Å². The lowest BCUT2D eigenvalue weighted by Crippen LogP contribution is -2.24. The highest BCUT2D eigenvalue weighted by atomic mass is 35.5. The molecule has 0 radical (unpaired) electrons. The fraction of sp³-hybridized carbons (Fsp3) is 0.385. The van der Waals surface area contributed by atoms with Crippen molar-refractivity contribution < 1.29 is 9.15 Å². The van der Waals surface area contributed by atoms with Crippen LogP contribution in [-0.2, 0) is 4.74 Å². The third-order valence-electron chi connectivity index (χ3n) is 3.19. The summed E-state index contributed by atoms with van der Waals surface area (Å²) >= 11 is 5.94. The molecule has 90 valence electrons. The van der Waals surface area contributed by atoms with Crippen molar-refractivity contribution in [1.29, 1.82) is 0 Å². The zero-order valence-electron chi connectivity index (χ0n) is 9.36. The van der Waals surface area contributed by atoms with Crippen LogP contribution in [0.1, 0.15) is 24.6 Å². The summed E-state index contributed by atoms with van der Waals surface area (Å²) in [6.45, 7) is 0.796. The standard InChI is InChI=1S/C13H14ClNO2/c14-9-3-4-10-8(6-9)7-12(17-10)13(15)11-2-1-5-16-11/h3-4,6-7,11,13H,1-2,5,15H2. The topological polar surface area (TPSA) is 48.4 Å². The first-order chi connectivity index (χ1) is 8.24. The zero-order valence-corrected chi connectivity index (χ0v) is 10.1. The first-order valence-corrected chi connectivity index (χ1v) is 6.18. The number of hydrogen-bond donors (Lipinski definition) is 1. The molecule has 0 amide bonds. The fourth-order valence-electron chi connectivity index (χ4n) is 2.27. The highest BCUT2D eigenvalue weighted by molar-refractivity contribution is 6.31. The van der Waals surface area contributed by atoms with E-state index in [9.17, 15) is 0 Å². The Morgan fingerprint density at radius 2 is 2.24 bits per heavy atom. The van der Waals surface area contributed by atoms with Crippen LogP contribution >= 0.6 is 11.6 Å². The second-order valence-electron chi connectivity index (χ2n) is 4.41. The lowest BCUT2D eigenvalue weighted by Gasteiger charge is -2.15. The second-order valence-corrected chi connectivity index (χ2v) is 4.84. The summed E-state index contributed by atoms with van der Waals surface area (Å²) in [5, 5.41) is 1.69. The Kier molecular flexibility index (Phi) is 2.82. The van der Waals surface area contributed by atoms with Crippen LogP contribution < -0.4 is 5.73 Å². The Labute approximate surface area is 104 Å². The van der Waals surface area contributed by atoms with Crippen molar-refractivity contribution in [2.45, 2.75) is 25.0 Å². The molecule has 1 aromatic heterocycles. The van der Waals surface area contributed by atoms with Crippen LogP contribution in [0.2, 0.25) is 5.02 Å². The van der Waals surface area contributed by atoms with Crippen molar-refractivity contribution in [3.63, 3.8) is 0 Å². The average Bonchev–Trinajstić information content (AvgIpc) is 2.96. The van der Waals surface area contributed by atoms with Crippen molar-refractivity contribution in [3.8, 4) is 0 Å². The Morgan fingerprint density at radius 3 is 3.00 bits per heavy atom. The van der Waals surface area contributed by atoms with Gasteiger partial charge in [0.1, 0.15) is 11.3 Å². The molecular weight excluding hydrogens is 238 g/mol. The molecule has 17 heavy (non-hydrogen) atoms. The van der Waals surface area contributed by atoms with Crippen LogP contribution in [0.5, 0.6) is 0 Å². The van der Waals surface area contributed by atoms with Gasteiger partial charge >= 0.3 is 0 Å². The van der Waals surface area contributed by atoms with Crippen LogP contribution in [0.25, 0.3) is 11.0 Å². The fourth-order valence-corrected chi connectivity index (χ4v) is 2.45. The minimum absolute atomic E-state index is 0.0750. The average molecular weight is 252 g/mol. The van der Waals surface area contributed by atoms with Crippen molar-refractivity contribution in [1.82, 2.24) is 0 Å². The van der Waals surface area contributed by atoms with Crippen LogP contribution in [-0.4, -0.2) is 12.7 Å². The lowest BCUT2D eigenvalue weighted by atomic mass is 10.1. The Bertz CT molecular complexity index is 531. The quantitative estimate of drug-likeness (QED) is 0.891. The van der Waals surface area contributed by atoms with E-state index in [2.05, 4.69) is 0 Å². The van der Waals surface area contributed by atoms with Gasteiger partial charge < -0.3 is 14.9 Å². The second kappa shape index (κ2) is 4.33. The van der Waals surface area contributed by atoms with Crippen molar-refractivity contribution in [2.75, 3.05) is 6.61 Å². The zero-order chi connectivity index (χ0) is 11.8. The van der Waals surface area contributed by atoms with Gasteiger partial charge in [-0.25, -0.2) is 0 Å². The molecule has 1 saturated heterocycles. The summed E-state index contributed by atoms with van der Waals surface area (Å²) in [6.07, 6.45) is 2.15. The monoisotopic (exact) mass is 251 g/mol. The summed E-state index contributed by atoms with van der Waals surface area (Å²) in [6, 6.07) is 7.32. The molecule has 1 aromatic carbocycles. The maximum Gasteiger partial charge on any atom is 0.134 e. The molecule has 3 rings (SSSR count). The van der Waals surface area contributed by atoms with Gasteiger partial charge in [0.2, 0.25) is 0 Å². The van der Waals surface area contributed by atoms with Gasteiger partial charge in [-0.1, -0.05) is 11.6 Å². The highest BCUT2D eigenvalue weighted by Gasteiger charge is 2.26. The van der Waals surface area contributed by atoms with E-state index < -0.39 is 0 Å². The number of fused-ring (bicyclic) bond motifs is 1. The predicted octanol–water partition coefficient (Wildman–Crippen LogP) is 3.27. The lowest BCUT2D eigenvalue weighted by molar-refractivity contribution is 0.0843. The van der Waals surface area contributed by atoms with Gasteiger partial charge in [-0.15, -0.1) is 0 Å². The molecule has 1 aliphatic rings. The first kappa shape index (κ1) is 11.1. The summed E-state index contributed by atoms with van der Waals surface area (Å²) in [5.74, 6) is 0.772. The molecule has 0 spiro atoms. The molecule has 2 aromatic rings. The Balaban J connectivity index is 1.94. The minimum Gasteiger partial charge on any atom is -0.459 e. The molecular formula is C13H14ClNO2. The maximum absolute atomic E-state index is 6.15. The Morgan fingerprint density at radius 1 is 1.35 bits per heavy atom. The van der Waals surface area contributed by atoms with E-state index in [-0.39, 0.29) is 12.1 Å². The molecule has 3 nitrogen and oxygen atoms in total. The smallest absolute Gasteiger partial charge is 0.134 e. The normalized spacial score (nSPS) is 22.1. The van der Waals surface area contributed by atoms with Gasteiger partial charge in [-0.05, 0) is 37.1 Å². The van der Waals surface area contributed by atoms with E-state index in [0.717, 1.165) is 36.2 Å². The number of benzene rings is 1. The van der Waals surface area contributed by atoms with Crippen LogP contribution in [0, 0.1) is 0 Å². The number of rotatable bonds is 2. The van der Waals surface area contributed by atoms with Gasteiger partial charge in [-0.3, -0.25) is 0 Å². The van der Waals surface area contributed by atoms with Crippen molar-refractivity contribution >= 4 is 22.6 Å². The molecule has 0 bridgehead atoms. The molecule has 0 aliphatic carbocycles. The third kappa shape index (κ3) is 2.06. The molecule has 4 heteroatoms. The van der Waals surface area contributed by atoms with Gasteiger partial charge in [-0.2, -0.15) is 0 Å². The summed E-state index contributed by atoms with van der Waals surface area (Å²) in [7, 11) is 0. The van der Waals surface area contributed by atoms with Gasteiger partial charge in [0, 0.05) is 17.0 Å². The van der Waals surface area contributed by atoms with E-state index in [1.807, 2.05) is 24.3 Å². The van der Waals surface area contributed by atoms with E-state index in [4.69, 9.17) is 26.5 Å². The predicted molar refractivity (Wildman–Crippen MR) is 67.1 cm³/mol. The first-order valence-electron chi connectivity index (χ1n) is 5.80. The number of furan rings is 1. The molecule has 2 unspecified atom stereocenters. The number of hydrogen-bond acceptors (Lipinski definition) is 3. The molecule has 2 atom stereocenters. The van der Waals surface area contributed by atoms with Crippen LogP contribution in [0.3, 0.4) is 0 Å². The summed E-state index contributed by atoms with van der Waals surface area (Å²) in [5.41, 5.74) is 6.97. The number of ether oxygens (including phenoxy) is 1. The van der Waals surface area contributed by atoms with Crippen molar-refractivity contribution in [2.24, 2.45) is 5.73 Å². The van der Waals surface area contributed by atoms with E-state index in [1.165, 1.54) is 0 Å². The highest BCUT2D eigenvalue weighted by Crippen LogP contribution is 2.30. The number of halogens is 1. The molecule has 0 saturated carbocycles. The molecule has 2 N–H and O–H groups in total. The largest absolute Gasteiger partial charge is 0.459 e. The SMILES string of the molecule is NC(c1cc2cc(Cl)ccc2o1)C1CCCO1. The van der Waals surface area contributed by atoms with Crippen LogP contribution in [0.4, 0.5) is 0 Å². The molecule has 1 fully saturated rings. The van der Waals surface area contributed by atoms with Crippen molar-refractivity contribution in [3.05, 3.63) is 35.0 Å². The van der Waals surface area contributed by atoms with Crippen LogP contribution in [0.15, 0.2) is 28.7 Å². The van der Waals surface area contributed by atoms with Gasteiger partial charge in [0.15, 0.2) is 0 Å². The third-order valence-corrected chi connectivity index (χ3v) is 3.43. The molecule has 1 aliphatic heterocycles. The maximum atomic E-state index is 6.15. The number of nitrogens with two attached hydrogens (primary N) is 1. The van der Waals surface area contributed by atoms with Gasteiger partial charge in [0.05, 0.1) is 12.1 Å². The molecule has 2 heterocycles. The van der Waals surface area contributed by atoms with Gasteiger partial charge in [0.25, 0.3) is 0 Å². The minimum atomic E-state index is -0.191. The van der Waals surface area contributed by atoms with E-state index >= 15 is 0 Å². The summed E-state index contributed by atoms with van der Waals surface area (Å²) < 4.78 is 11.3. The van der Waals surface area contributed by atoms with E-state index in [1.54, 1.807) is 0 Å². The summed E-state index contributed by atoms with van der Waals surface area (Å²) in [4.78, 5) is 0.